The van der Waals surface area contributed by atoms with Crippen molar-refractivity contribution in [2.75, 3.05) is 6.61 Å². The molecule has 1 aliphatic heterocycles. The fourth-order valence-electron chi connectivity index (χ4n) is 3.99. The Labute approximate surface area is 221 Å². The van der Waals surface area contributed by atoms with Crippen LogP contribution in [0, 0.1) is 0 Å². The van der Waals surface area contributed by atoms with Gasteiger partial charge in [-0.3, -0.25) is 24.0 Å². The first-order chi connectivity index (χ1) is 18.1. The van der Waals surface area contributed by atoms with E-state index in [4.69, 9.17) is 23.7 Å². The molecular weight excluding hydrogens is 498 g/mol. The fraction of sp³-hybridized carbons (Fsp3) is 0.519. The number of ether oxygens (including phenoxy) is 5. The average molecular weight is 534 g/mol. The maximum Gasteiger partial charge on any atom is 0.306 e. The summed E-state index contributed by atoms with van der Waals surface area (Å²) < 4.78 is 27.3. The molecule has 1 heterocycles. The number of carbonyl (C=O) groups excluding carboxylic acids is 5. The minimum Gasteiger partial charge on any atom is -0.463 e. The summed E-state index contributed by atoms with van der Waals surface area (Å²) in [6.07, 6.45) is 0.468. The van der Waals surface area contributed by atoms with Crippen LogP contribution in [0.15, 0.2) is 42.5 Å². The third-order valence-corrected chi connectivity index (χ3v) is 5.51. The lowest BCUT2D eigenvalue weighted by molar-refractivity contribution is -0.223. The van der Waals surface area contributed by atoms with Crippen molar-refractivity contribution in [2.24, 2.45) is 0 Å². The van der Waals surface area contributed by atoms with Crippen LogP contribution < -0.4 is 5.32 Å². The largest absolute Gasteiger partial charge is 0.463 e. The topological polar surface area (TPSA) is 144 Å². The lowest BCUT2D eigenvalue weighted by Gasteiger charge is -2.45. The summed E-state index contributed by atoms with van der Waals surface area (Å²) in [6, 6.07) is 8.48. The first-order valence-corrected chi connectivity index (χ1v) is 12.3. The van der Waals surface area contributed by atoms with Gasteiger partial charge in [-0.25, -0.2) is 0 Å². The molecular formula is C27H35NO10. The SMILES string of the molecule is CC(=O)NC1[C@@H](OC(C)=O)[C@@H](OC(C)=O)C(COC(C)=O)O[C@@H]1CC=CCCC(=O)OCc1ccccc1. The number of hydrogen-bond donors (Lipinski definition) is 1. The summed E-state index contributed by atoms with van der Waals surface area (Å²) in [6.45, 7) is 4.83. The summed E-state index contributed by atoms with van der Waals surface area (Å²) in [5, 5.41) is 2.72. The van der Waals surface area contributed by atoms with Crippen LogP contribution in [-0.4, -0.2) is 66.8 Å². The molecule has 2 unspecified atom stereocenters. The van der Waals surface area contributed by atoms with E-state index in [1.54, 1.807) is 12.2 Å². The summed E-state index contributed by atoms with van der Waals surface area (Å²) in [4.78, 5) is 59.1. The number of benzene rings is 1. The van der Waals surface area contributed by atoms with Crippen molar-refractivity contribution in [3.8, 4) is 0 Å². The number of amides is 1. The Morgan fingerprint density at radius 2 is 1.50 bits per heavy atom. The number of rotatable bonds is 12. The number of allylic oxidation sites excluding steroid dienone is 1. The molecule has 0 saturated carbocycles. The van der Waals surface area contributed by atoms with Crippen LogP contribution in [0.1, 0.15) is 52.5 Å². The molecule has 0 aliphatic carbocycles. The van der Waals surface area contributed by atoms with E-state index in [-0.39, 0.29) is 32.0 Å². The van der Waals surface area contributed by atoms with Crippen LogP contribution in [0.3, 0.4) is 0 Å². The van der Waals surface area contributed by atoms with Crippen LogP contribution >= 0.6 is 0 Å². The fourth-order valence-corrected chi connectivity index (χ4v) is 3.99. The Balaban J connectivity index is 2.08. The zero-order valence-electron chi connectivity index (χ0n) is 22.0. The highest BCUT2D eigenvalue weighted by Crippen LogP contribution is 2.29. The zero-order valence-corrected chi connectivity index (χ0v) is 22.0. The summed E-state index contributed by atoms with van der Waals surface area (Å²) >= 11 is 0. The van der Waals surface area contributed by atoms with Gasteiger partial charge in [-0.05, 0) is 18.4 Å². The smallest absolute Gasteiger partial charge is 0.306 e. The van der Waals surface area contributed by atoms with Crippen LogP contribution in [0.25, 0.3) is 0 Å². The van der Waals surface area contributed by atoms with Gasteiger partial charge in [-0.2, -0.15) is 0 Å². The lowest BCUT2D eigenvalue weighted by atomic mass is 9.90. The second-order valence-electron chi connectivity index (χ2n) is 8.78. The molecule has 1 amide bonds. The third kappa shape index (κ3) is 10.7. The van der Waals surface area contributed by atoms with Gasteiger partial charge in [0, 0.05) is 34.1 Å². The Hall–Kier alpha value is -3.73. The lowest BCUT2D eigenvalue weighted by Crippen LogP contribution is -2.66. The highest BCUT2D eigenvalue weighted by atomic mass is 16.6. The van der Waals surface area contributed by atoms with E-state index in [0.29, 0.717) is 6.42 Å². The Morgan fingerprint density at radius 3 is 2.11 bits per heavy atom. The minimum atomic E-state index is -1.13. The molecule has 0 radical (unpaired) electrons. The Kier molecular flexibility index (Phi) is 12.4. The van der Waals surface area contributed by atoms with E-state index >= 15 is 0 Å². The van der Waals surface area contributed by atoms with Crippen molar-refractivity contribution in [3.05, 3.63) is 48.0 Å². The molecule has 11 nitrogen and oxygen atoms in total. The van der Waals surface area contributed by atoms with Crippen molar-refractivity contribution in [1.29, 1.82) is 0 Å². The first-order valence-electron chi connectivity index (χ1n) is 12.3. The predicted octanol–water partition coefficient (Wildman–Crippen LogP) is 2.15. The quantitative estimate of drug-likeness (QED) is 0.241. The molecule has 1 fully saturated rings. The van der Waals surface area contributed by atoms with E-state index in [9.17, 15) is 24.0 Å². The van der Waals surface area contributed by atoms with E-state index in [1.165, 1.54) is 27.7 Å². The molecule has 5 atom stereocenters. The number of carbonyl (C=O) groups is 5. The van der Waals surface area contributed by atoms with E-state index in [0.717, 1.165) is 5.56 Å². The van der Waals surface area contributed by atoms with Crippen molar-refractivity contribution in [3.63, 3.8) is 0 Å². The maximum atomic E-state index is 12.0. The highest BCUT2D eigenvalue weighted by Gasteiger charge is 2.50. The molecule has 0 bridgehead atoms. The molecule has 0 aromatic heterocycles. The summed E-state index contributed by atoms with van der Waals surface area (Å²) in [5.74, 6) is -2.64. The van der Waals surface area contributed by atoms with E-state index in [2.05, 4.69) is 5.32 Å². The van der Waals surface area contributed by atoms with Crippen LogP contribution in [0.5, 0.6) is 0 Å². The van der Waals surface area contributed by atoms with Crippen molar-refractivity contribution >= 4 is 29.8 Å². The van der Waals surface area contributed by atoms with Gasteiger partial charge in [0.15, 0.2) is 12.2 Å². The molecule has 208 valence electrons. The summed E-state index contributed by atoms with van der Waals surface area (Å²) in [7, 11) is 0. The van der Waals surface area contributed by atoms with Crippen molar-refractivity contribution < 1.29 is 47.7 Å². The van der Waals surface area contributed by atoms with Gasteiger partial charge < -0.3 is 29.0 Å². The van der Waals surface area contributed by atoms with E-state index in [1.807, 2.05) is 30.3 Å². The van der Waals surface area contributed by atoms with Gasteiger partial charge in [0.1, 0.15) is 19.3 Å². The van der Waals surface area contributed by atoms with Gasteiger partial charge in [0.05, 0.1) is 12.1 Å². The van der Waals surface area contributed by atoms with Gasteiger partial charge >= 0.3 is 23.9 Å². The van der Waals surface area contributed by atoms with Gasteiger partial charge in [0.2, 0.25) is 5.91 Å². The molecule has 0 spiro atoms. The average Bonchev–Trinajstić information content (AvgIpc) is 2.84. The number of nitrogens with one attached hydrogen (secondary N) is 1. The van der Waals surface area contributed by atoms with Crippen LogP contribution in [0.4, 0.5) is 0 Å². The van der Waals surface area contributed by atoms with Gasteiger partial charge in [0.25, 0.3) is 0 Å². The zero-order chi connectivity index (χ0) is 28.1. The van der Waals surface area contributed by atoms with Crippen molar-refractivity contribution in [2.45, 2.75) is 84.0 Å². The normalized spacial score (nSPS) is 22.8. The maximum absolute atomic E-state index is 12.0. The predicted molar refractivity (Wildman–Crippen MR) is 133 cm³/mol. The Morgan fingerprint density at radius 1 is 0.842 bits per heavy atom. The van der Waals surface area contributed by atoms with E-state index < -0.39 is 54.3 Å². The first kappa shape index (κ1) is 30.5. The molecule has 11 heteroatoms. The molecule has 2 rings (SSSR count). The number of esters is 4. The second-order valence-corrected chi connectivity index (χ2v) is 8.78. The molecule has 1 aromatic carbocycles. The summed E-state index contributed by atoms with van der Waals surface area (Å²) in [5.41, 5.74) is 0.896. The molecule has 1 aliphatic rings. The Bertz CT molecular complexity index is 993. The van der Waals surface area contributed by atoms with Crippen molar-refractivity contribution in [1.82, 2.24) is 5.32 Å². The standard InChI is InChI=1S/C27H35NO10/c1-17(29)28-25-22(13-9-6-10-14-24(33)35-15-21-11-7-5-8-12-21)38-23(16-34-18(2)30)26(36-19(3)31)27(25)37-20(4)32/h5-9,11-12,22-23,25-27H,10,13-16H2,1-4H3,(H,28,29)/t22-,23?,25?,26+,27-/m1/s1. The second kappa shape index (κ2) is 15.5. The number of hydrogen-bond acceptors (Lipinski definition) is 10. The molecule has 1 aromatic rings. The molecule has 38 heavy (non-hydrogen) atoms. The van der Waals surface area contributed by atoms with Crippen LogP contribution in [0.2, 0.25) is 0 Å². The monoisotopic (exact) mass is 533 g/mol. The van der Waals surface area contributed by atoms with Gasteiger partial charge in [-0.15, -0.1) is 0 Å². The van der Waals surface area contributed by atoms with Crippen LogP contribution in [-0.2, 0) is 54.3 Å². The third-order valence-electron chi connectivity index (χ3n) is 5.51. The molecule has 1 saturated heterocycles. The molecule has 1 N–H and O–H groups in total. The van der Waals surface area contributed by atoms with Gasteiger partial charge in [-0.1, -0.05) is 42.5 Å². The minimum absolute atomic E-state index is 0.170. The highest BCUT2D eigenvalue weighted by molar-refractivity contribution is 5.74.